The smallest absolute Gasteiger partial charge is 0.328 e. The van der Waals surface area contributed by atoms with Gasteiger partial charge in [0.1, 0.15) is 0 Å². The number of carbonyl (C=O) groups is 2. The van der Waals surface area contributed by atoms with E-state index in [9.17, 15) is 9.59 Å². The Hall–Kier alpha value is -2.10. The maximum Gasteiger partial charge on any atom is 0.328 e. The predicted octanol–water partition coefficient (Wildman–Crippen LogP) is 2.44. The summed E-state index contributed by atoms with van der Waals surface area (Å²) in [4.78, 5) is 22.1. The van der Waals surface area contributed by atoms with E-state index in [2.05, 4.69) is 5.32 Å². The molecule has 94 valence electrons. The zero-order valence-corrected chi connectivity index (χ0v) is 10.1. The fraction of sp³-hybridized carbons (Fsp3) is 0.286. The van der Waals surface area contributed by atoms with Gasteiger partial charge in [0.2, 0.25) is 5.91 Å². The number of amides is 1. The summed E-state index contributed by atoms with van der Waals surface area (Å²) in [5, 5.41) is 11.4. The third-order valence-electron chi connectivity index (χ3n) is 2.89. The van der Waals surface area contributed by atoms with E-state index in [1.807, 2.05) is 19.1 Å². The van der Waals surface area contributed by atoms with Gasteiger partial charge in [-0.05, 0) is 43.0 Å². The number of benzene rings is 1. The second-order valence-corrected chi connectivity index (χ2v) is 4.51. The zero-order valence-electron chi connectivity index (χ0n) is 10.1. The van der Waals surface area contributed by atoms with Crippen LogP contribution in [0.4, 0.5) is 5.69 Å². The standard InChI is InChI=1S/C14H15NO3/c1-9-2-3-10(4-7-13(16)17)8-12(9)15-14(18)11-5-6-11/h2-4,7-8,11H,5-6H2,1H3,(H,15,18)(H,16,17)/b7-4+. The van der Waals surface area contributed by atoms with Gasteiger partial charge in [0.05, 0.1) is 0 Å². The van der Waals surface area contributed by atoms with E-state index in [4.69, 9.17) is 5.11 Å². The average Bonchev–Trinajstić information content (AvgIpc) is 3.14. The van der Waals surface area contributed by atoms with Crippen LogP contribution in [-0.4, -0.2) is 17.0 Å². The molecule has 1 fully saturated rings. The number of rotatable bonds is 4. The molecular formula is C14H15NO3. The van der Waals surface area contributed by atoms with Crippen LogP contribution in [-0.2, 0) is 9.59 Å². The Labute approximate surface area is 105 Å². The van der Waals surface area contributed by atoms with E-state index < -0.39 is 5.97 Å². The van der Waals surface area contributed by atoms with Crippen LogP contribution in [0.1, 0.15) is 24.0 Å². The minimum Gasteiger partial charge on any atom is -0.478 e. The van der Waals surface area contributed by atoms with Crippen LogP contribution in [0.3, 0.4) is 0 Å². The molecule has 1 saturated carbocycles. The summed E-state index contributed by atoms with van der Waals surface area (Å²) in [6.45, 7) is 1.91. The average molecular weight is 245 g/mol. The molecule has 2 rings (SSSR count). The molecule has 0 aliphatic heterocycles. The third-order valence-corrected chi connectivity index (χ3v) is 2.89. The van der Waals surface area contributed by atoms with Crippen LogP contribution in [0, 0.1) is 12.8 Å². The first-order valence-electron chi connectivity index (χ1n) is 5.89. The number of carboxylic acids is 1. The van der Waals surface area contributed by atoms with Gasteiger partial charge in [-0.3, -0.25) is 4.79 Å². The van der Waals surface area contributed by atoms with Crippen molar-refractivity contribution in [2.24, 2.45) is 5.92 Å². The van der Waals surface area contributed by atoms with Crippen LogP contribution >= 0.6 is 0 Å². The summed E-state index contributed by atoms with van der Waals surface area (Å²) >= 11 is 0. The fourth-order valence-electron chi connectivity index (χ4n) is 1.63. The van der Waals surface area contributed by atoms with Crippen molar-refractivity contribution in [3.63, 3.8) is 0 Å². The molecule has 1 amide bonds. The summed E-state index contributed by atoms with van der Waals surface area (Å²) < 4.78 is 0. The molecule has 0 atom stereocenters. The number of aryl methyl sites for hydroxylation is 1. The molecule has 18 heavy (non-hydrogen) atoms. The van der Waals surface area contributed by atoms with Crippen LogP contribution in [0.5, 0.6) is 0 Å². The Kier molecular flexibility index (Phi) is 3.46. The lowest BCUT2D eigenvalue weighted by Gasteiger charge is -2.08. The van der Waals surface area contributed by atoms with E-state index in [0.29, 0.717) is 0 Å². The first-order chi connectivity index (χ1) is 8.56. The summed E-state index contributed by atoms with van der Waals surface area (Å²) in [5.41, 5.74) is 2.48. The first-order valence-corrected chi connectivity index (χ1v) is 5.89. The highest BCUT2D eigenvalue weighted by molar-refractivity contribution is 5.95. The SMILES string of the molecule is Cc1ccc(/C=C/C(=O)O)cc1NC(=O)C1CC1. The summed E-state index contributed by atoms with van der Waals surface area (Å²) in [5.74, 6) is -0.778. The number of carboxylic acid groups (broad SMARTS) is 1. The zero-order chi connectivity index (χ0) is 13.1. The van der Waals surface area contributed by atoms with Gasteiger partial charge in [0, 0.05) is 17.7 Å². The number of anilines is 1. The van der Waals surface area contributed by atoms with E-state index in [1.54, 1.807) is 6.07 Å². The molecule has 0 radical (unpaired) electrons. The molecule has 2 N–H and O–H groups in total. The van der Waals surface area contributed by atoms with E-state index in [0.717, 1.165) is 35.7 Å². The van der Waals surface area contributed by atoms with Crippen LogP contribution in [0.15, 0.2) is 24.3 Å². The quantitative estimate of drug-likeness (QED) is 0.801. The maximum atomic E-state index is 11.7. The molecule has 4 nitrogen and oxygen atoms in total. The molecule has 0 heterocycles. The molecule has 0 saturated heterocycles. The topological polar surface area (TPSA) is 66.4 Å². The van der Waals surface area contributed by atoms with Gasteiger partial charge in [-0.1, -0.05) is 12.1 Å². The normalized spacial score (nSPS) is 14.7. The van der Waals surface area contributed by atoms with Crippen molar-refractivity contribution in [2.45, 2.75) is 19.8 Å². The third kappa shape index (κ3) is 3.20. The van der Waals surface area contributed by atoms with Gasteiger partial charge in [0.25, 0.3) is 0 Å². The van der Waals surface area contributed by atoms with Crippen LogP contribution in [0.2, 0.25) is 0 Å². The molecule has 0 aromatic heterocycles. The van der Waals surface area contributed by atoms with Crippen molar-refractivity contribution < 1.29 is 14.7 Å². The van der Waals surface area contributed by atoms with Crippen molar-refractivity contribution in [3.8, 4) is 0 Å². The largest absolute Gasteiger partial charge is 0.478 e. The Morgan fingerprint density at radius 1 is 1.39 bits per heavy atom. The molecule has 4 heteroatoms. The van der Waals surface area contributed by atoms with E-state index in [1.165, 1.54) is 6.08 Å². The second kappa shape index (κ2) is 5.04. The Balaban J connectivity index is 2.15. The van der Waals surface area contributed by atoms with Crippen molar-refractivity contribution >= 4 is 23.6 Å². The van der Waals surface area contributed by atoms with Gasteiger partial charge in [0.15, 0.2) is 0 Å². The van der Waals surface area contributed by atoms with Crippen LogP contribution in [0.25, 0.3) is 6.08 Å². The van der Waals surface area contributed by atoms with Crippen molar-refractivity contribution in [1.82, 2.24) is 0 Å². The van der Waals surface area contributed by atoms with Gasteiger partial charge in [-0.25, -0.2) is 4.79 Å². The lowest BCUT2D eigenvalue weighted by Crippen LogP contribution is -2.14. The number of nitrogens with one attached hydrogen (secondary N) is 1. The minimum absolute atomic E-state index is 0.0532. The lowest BCUT2D eigenvalue weighted by atomic mass is 10.1. The second-order valence-electron chi connectivity index (χ2n) is 4.51. The minimum atomic E-state index is -0.987. The van der Waals surface area contributed by atoms with Gasteiger partial charge in [-0.2, -0.15) is 0 Å². The highest BCUT2D eigenvalue weighted by Crippen LogP contribution is 2.30. The highest BCUT2D eigenvalue weighted by atomic mass is 16.4. The van der Waals surface area contributed by atoms with Gasteiger partial charge < -0.3 is 10.4 Å². The Bertz CT molecular complexity index is 516. The van der Waals surface area contributed by atoms with Gasteiger partial charge in [-0.15, -0.1) is 0 Å². The van der Waals surface area contributed by atoms with E-state index >= 15 is 0 Å². The molecule has 1 aliphatic carbocycles. The lowest BCUT2D eigenvalue weighted by molar-refractivity contribution is -0.131. The molecule has 0 bridgehead atoms. The fourth-order valence-corrected chi connectivity index (χ4v) is 1.63. The molecule has 1 aromatic carbocycles. The number of aliphatic carboxylic acids is 1. The van der Waals surface area contributed by atoms with Crippen molar-refractivity contribution in [1.29, 1.82) is 0 Å². The molecule has 0 unspecified atom stereocenters. The summed E-state index contributed by atoms with van der Waals surface area (Å²) in [6, 6.07) is 5.47. The summed E-state index contributed by atoms with van der Waals surface area (Å²) in [7, 11) is 0. The Morgan fingerprint density at radius 3 is 2.72 bits per heavy atom. The number of carbonyl (C=O) groups excluding carboxylic acids is 1. The van der Waals surface area contributed by atoms with Gasteiger partial charge >= 0.3 is 5.97 Å². The van der Waals surface area contributed by atoms with Crippen molar-refractivity contribution in [3.05, 3.63) is 35.4 Å². The Morgan fingerprint density at radius 2 is 2.11 bits per heavy atom. The monoisotopic (exact) mass is 245 g/mol. The number of hydrogen-bond acceptors (Lipinski definition) is 2. The molecule has 1 aliphatic rings. The molecule has 1 aromatic rings. The van der Waals surface area contributed by atoms with E-state index in [-0.39, 0.29) is 11.8 Å². The highest BCUT2D eigenvalue weighted by Gasteiger charge is 2.29. The predicted molar refractivity (Wildman–Crippen MR) is 69.2 cm³/mol. The van der Waals surface area contributed by atoms with Crippen molar-refractivity contribution in [2.75, 3.05) is 5.32 Å². The number of hydrogen-bond donors (Lipinski definition) is 2. The van der Waals surface area contributed by atoms with Crippen LogP contribution < -0.4 is 5.32 Å². The molecule has 0 spiro atoms. The summed E-state index contributed by atoms with van der Waals surface area (Å²) in [6.07, 6.45) is 4.51. The maximum absolute atomic E-state index is 11.7. The first kappa shape index (κ1) is 12.4. The molecular weight excluding hydrogens is 230 g/mol.